The molecule has 1 N–H and O–H groups in total. The average molecular weight is 315 g/mol. The van der Waals surface area contributed by atoms with Crippen molar-refractivity contribution in [2.75, 3.05) is 14.1 Å². The number of quaternary nitrogens is 1. The monoisotopic (exact) mass is 314 g/mol. The summed E-state index contributed by atoms with van der Waals surface area (Å²) in [6, 6.07) is 0.327. The van der Waals surface area contributed by atoms with Crippen molar-refractivity contribution in [3.8, 4) is 0 Å². The van der Waals surface area contributed by atoms with E-state index in [1.165, 1.54) is 83.5 Å². The largest absolute Gasteiger partial charge is 0.217 e. The van der Waals surface area contributed by atoms with E-state index in [4.69, 9.17) is 0 Å². The smallest absolute Gasteiger partial charge is 0.118 e. The summed E-state index contributed by atoms with van der Waals surface area (Å²) in [6.07, 6.45) is 18.2. The van der Waals surface area contributed by atoms with Crippen molar-refractivity contribution in [2.24, 2.45) is 5.92 Å². The zero-order valence-electron chi connectivity index (χ0n) is 16.2. The molecule has 0 radical (unpaired) electrons. The zero-order valence-corrected chi connectivity index (χ0v) is 16.2. The first-order chi connectivity index (χ1) is 10.4. The van der Waals surface area contributed by atoms with Crippen LogP contribution in [-0.2, 0) is 0 Å². The minimum absolute atomic E-state index is 0.0966. The predicted molar refractivity (Wildman–Crippen MR) is 98.2 cm³/mol. The van der Waals surface area contributed by atoms with Crippen molar-refractivity contribution >= 4 is 0 Å². The summed E-state index contributed by atoms with van der Waals surface area (Å²) in [4.78, 5) is 0. The Morgan fingerprint density at radius 2 is 1.05 bits per heavy atom. The summed E-state index contributed by atoms with van der Waals surface area (Å²) >= 11 is 0. The van der Waals surface area contributed by atoms with Gasteiger partial charge in [0.15, 0.2) is 0 Å². The Morgan fingerprint density at radius 3 is 1.41 bits per heavy atom. The van der Waals surface area contributed by atoms with Gasteiger partial charge in [0.25, 0.3) is 0 Å². The summed E-state index contributed by atoms with van der Waals surface area (Å²) in [5.74, 6) is 0.600. The van der Waals surface area contributed by atoms with Gasteiger partial charge in [-0.15, -0.1) is 0 Å². The van der Waals surface area contributed by atoms with Gasteiger partial charge in [-0.2, -0.15) is 4.65 Å². The lowest BCUT2D eigenvalue weighted by molar-refractivity contribution is -1.09. The lowest BCUT2D eigenvalue weighted by atomic mass is 9.95. The maximum absolute atomic E-state index is 9.99. The molecule has 0 amide bonds. The maximum Gasteiger partial charge on any atom is 0.118 e. The number of nitrogens with zero attached hydrogens (tertiary/aromatic N) is 1. The molecule has 2 heteroatoms. The van der Waals surface area contributed by atoms with Crippen molar-refractivity contribution in [3.05, 3.63) is 0 Å². The molecule has 22 heavy (non-hydrogen) atoms. The third kappa shape index (κ3) is 12.5. The molecule has 134 valence electrons. The minimum atomic E-state index is 0.0966. The quantitative estimate of drug-likeness (QED) is 0.206. The molecule has 2 unspecified atom stereocenters. The van der Waals surface area contributed by atoms with Gasteiger partial charge in [0.2, 0.25) is 0 Å². The van der Waals surface area contributed by atoms with Crippen molar-refractivity contribution in [3.63, 3.8) is 0 Å². The van der Waals surface area contributed by atoms with E-state index in [1.807, 2.05) is 14.1 Å². The number of hydrogen-bond donors (Lipinski definition) is 1. The lowest BCUT2D eigenvalue weighted by Gasteiger charge is -2.31. The first-order valence-corrected chi connectivity index (χ1v) is 9.96. The van der Waals surface area contributed by atoms with E-state index < -0.39 is 0 Å². The number of hydrogen-bond acceptors (Lipinski definition) is 1. The fourth-order valence-electron chi connectivity index (χ4n) is 3.17. The zero-order chi connectivity index (χ0) is 16.8. The first kappa shape index (κ1) is 21.9. The molecule has 0 bridgehead atoms. The van der Waals surface area contributed by atoms with E-state index in [-0.39, 0.29) is 4.65 Å². The topological polar surface area (TPSA) is 20.2 Å². The molecule has 0 rings (SSSR count). The van der Waals surface area contributed by atoms with E-state index in [2.05, 4.69) is 20.8 Å². The van der Waals surface area contributed by atoms with Gasteiger partial charge in [-0.1, -0.05) is 90.9 Å². The van der Waals surface area contributed by atoms with E-state index >= 15 is 0 Å². The Labute approximate surface area is 140 Å². The third-order valence-corrected chi connectivity index (χ3v) is 5.33. The first-order valence-electron chi connectivity index (χ1n) is 9.96. The van der Waals surface area contributed by atoms with Crippen LogP contribution in [0.25, 0.3) is 0 Å². The van der Waals surface area contributed by atoms with Crippen LogP contribution in [0.1, 0.15) is 104 Å². The van der Waals surface area contributed by atoms with Crippen LogP contribution in [0.2, 0.25) is 0 Å². The molecule has 2 nitrogen and oxygen atoms in total. The highest BCUT2D eigenvalue weighted by Crippen LogP contribution is 2.20. The second-order valence-corrected chi connectivity index (χ2v) is 7.87. The molecule has 0 aliphatic heterocycles. The predicted octanol–water partition coefficient (Wildman–Crippen LogP) is 6.57. The molecular formula is C20H44NO+. The number of unbranched alkanes of at least 4 members (excludes halogenated alkanes) is 11. The third-order valence-electron chi connectivity index (χ3n) is 5.33. The highest BCUT2D eigenvalue weighted by Gasteiger charge is 2.27. The normalized spacial score (nSPS) is 15.0. The van der Waals surface area contributed by atoms with Crippen molar-refractivity contribution in [1.29, 1.82) is 0 Å². The van der Waals surface area contributed by atoms with E-state index in [0.29, 0.717) is 12.0 Å². The van der Waals surface area contributed by atoms with Crippen molar-refractivity contribution in [1.82, 2.24) is 0 Å². The number of rotatable bonds is 15. The van der Waals surface area contributed by atoms with Crippen LogP contribution < -0.4 is 0 Å². The molecule has 0 aromatic rings. The van der Waals surface area contributed by atoms with Gasteiger partial charge in [-0.25, -0.2) is 5.21 Å². The molecule has 0 fully saturated rings. The van der Waals surface area contributed by atoms with Gasteiger partial charge < -0.3 is 0 Å². The fraction of sp³-hybridized carbons (Fsp3) is 1.00. The molecule has 2 atom stereocenters. The van der Waals surface area contributed by atoms with Gasteiger partial charge in [0, 0.05) is 5.92 Å². The lowest BCUT2D eigenvalue weighted by Crippen LogP contribution is -2.47. The Bertz CT molecular complexity index is 234. The van der Waals surface area contributed by atoms with Crippen LogP contribution in [0, 0.1) is 5.92 Å². The summed E-state index contributed by atoms with van der Waals surface area (Å²) in [7, 11) is 3.76. The highest BCUT2D eigenvalue weighted by molar-refractivity contribution is 4.61. The van der Waals surface area contributed by atoms with Gasteiger partial charge in [-0.05, 0) is 13.3 Å². The van der Waals surface area contributed by atoms with Gasteiger partial charge in [0.05, 0.1) is 14.1 Å². The second kappa shape index (κ2) is 13.4. The number of hydroxylamine groups is 3. The van der Waals surface area contributed by atoms with Crippen LogP contribution in [0.5, 0.6) is 0 Å². The molecule has 0 heterocycles. The van der Waals surface area contributed by atoms with Crippen molar-refractivity contribution < 1.29 is 9.85 Å². The standard InChI is InChI=1S/C20H44NO/c1-6-7-8-9-10-11-12-13-14-15-16-17-18-19(2)20(3)21(4,5)22/h19-20,22H,6-18H2,1-5H3/q+1. The molecule has 0 saturated heterocycles. The summed E-state index contributed by atoms with van der Waals surface area (Å²) < 4.78 is 0.0966. The Balaban J connectivity index is 3.30. The molecule has 0 aromatic carbocycles. The average Bonchev–Trinajstić information content (AvgIpc) is 2.46. The maximum atomic E-state index is 9.99. The van der Waals surface area contributed by atoms with Gasteiger partial charge in [-0.3, -0.25) is 0 Å². The van der Waals surface area contributed by atoms with E-state index in [9.17, 15) is 5.21 Å². The van der Waals surface area contributed by atoms with E-state index in [1.54, 1.807) is 0 Å². The molecule has 0 aliphatic carbocycles. The Kier molecular flexibility index (Phi) is 13.3. The second-order valence-electron chi connectivity index (χ2n) is 7.87. The Hall–Kier alpha value is -0.0800. The minimum Gasteiger partial charge on any atom is -0.217 e. The molecule has 0 spiro atoms. The van der Waals surface area contributed by atoms with Crippen LogP contribution in [0.4, 0.5) is 0 Å². The van der Waals surface area contributed by atoms with Crippen LogP contribution in [0.3, 0.4) is 0 Å². The van der Waals surface area contributed by atoms with Crippen LogP contribution in [-0.4, -0.2) is 30.0 Å². The highest BCUT2D eigenvalue weighted by atomic mass is 16.5. The molecule has 0 aromatic heterocycles. The molecular weight excluding hydrogens is 270 g/mol. The molecule has 0 saturated carbocycles. The van der Waals surface area contributed by atoms with E-state index in [0.717, 1.165) is 0 Å². The summed E-state index contributed by atoms with van der Waals surface area (Å²) in [5.41, 5.74) is 0. The summed E-state index contributed by atoms with van der Waals surface area (Å²) in [6.45, 7) is 6.72. The Morgan fingerprint density at radius 1 is 0.682 bits per heavy atom. The SMILES string of the molecule is CCCCCCCCCCCCCCC(C)C(C)[N+](C)(C)O. The molecule has 0 aliphatic rings. The van der Waals surface area contributed by atoms with Crippen LogP contribution >= 0.6 is 0 Å². The fourth-order valence-corrected chi connectivity index (χ4v) is 3.17. The van der Waals surface area contributed by atoms with Gasteiger partial charge >= 0.3 is 0 Å². The summed E-state index contributed by atoms with van der Waals surface area (Å²) in [5, 5.41) is 9.99. The van der Waals surface area contributed by atoms with Crippen LogP contribution in [0.15, 0.2) is 0 Å². The van der Waals surface area contributed by atoms with Gasteiger partial charge in [0.1, 0.15) is 6.04 Å². The van der Waals surface area contributed by atoms with Crippen molar-refractivity contribution in [2.45, 2.75) is 110 Å².